The van der Waals surface area contributed by atoms with Gasteiger partial charge < -0.3 is 0 Å². The summed E-state index contributed by atoms with van der Waals surface area (Å²) in [7, 11) is -3.48. The van der Waals surface area contributed by atoms with E-state index in [-0.39, 0.29) is 0 Å². The highest BCUT2D eigenvalue weighted by molar-refractivity contribution is 7.62. The maximum absolute atomic E-state index is 11.5. The predicted molar refractivity (Wildman–Crippen MR) is 44.2 cm³/mol. The van der Waals surface area contributed by atoms with Crippen molar-refractivity contribution in [3.63, 3.8) is 0 Å². The maximum atomic E-state index is 11.5. The molecule has 6 heteroatoms. The summed E-state index contributed by atoms with van der Waals surface area (Å²) in [4.78, 5) is 0. The molecular weight excluding hydrogens is 179 g/mol. The fourth-order valence-electron chi connectivity index (χ4n) is 0.757. The van der Waals surface area contributed by atoms with Gasteiger partial charge in [0.2, 0.25) is 0 Å². The van der Waals surface area contributed by atoms with Crippen LogP contribution in [0.3, 0.4) is 0 Å². The molecule has 66 valence electrons. The lowest BCUT2D eigenvalue weighted by Crippen LogP contribution is -2.15. The highest BCUT2D eigenvalue weighted by Crippen LogP contribution is 2.42. The monoisotopic (exact) mass is 188 g/mol. The van der Waals surface area contributed by atoms with Crippen LogP contribution < -0.4 is 17.1 Å². The largest absolute Gasteiger partial charge is 0.393 e. The third-order valence-corrected chi connectivity index (χ3v) is 2.84. The SMILES string of the molecule is NOP(=O)(ON)c1ccccc1. The minimum atomic E-state index is -3.48. The summed E-state index contributed by atoms with van der Waals surface area (Å²) in [6, 6.07) is 8.24. The number of hydrogen-bond acceptors (Lipinski definition) is 5. The Kier molecular flexibility index (Phi) is 2.97. The van der Waals surface area contributed by atoms with Crippen molar-refractivity contribution in [2.75, 3.05) is 0 Å². The van der Waals surface area contributed by atoms with Gasteiger partial charge in [-0.05, 0) is 12.1 Å². The standard InChI is InChI=1S/C6H9N2O3P/c7-10-12(9,11-8)6-4-2-1-3-5-6/h1-5H,7-8H2. The van der Waals surface area contributed by atoms with E-state index in [1.165, 1.54) is 0 Å². The van der Waals surface area contributed by atoms with Crippen molar-refractivity contribution in [1.82, 2.24) is 0 Å². The van der Waals surface area contributed by atoms with Gasteiger partial charge in [0.1, 0.15) is 0 Å². The van der Waals surface area contributed by atoms with Gasteiger partial charge in [0, 0.05) is 0 Å². The first kappa shape index (κ1) is 9.38. The molecule has 5 nitrogen and oxygen atoms in total. The summed E-state index contributed by atoms with van der Waals surface area (Å²) in [5.41, 5.74) is 0. The minimum Gasteiger partial charge on any atom is -0.251 e. The van der Waals surface area contributed by atoms with Gasteiger partial charge in [0.15, 0.2) is 0 Å². The molecule has 0 aromatic heterocycles. The third-order valence-electron chi connectivity index (χ3n) is 1.35. The van der Waals surface area contributed by atoms with E-state index in [1.54, 1.807) is 30.3 Å². The molecule has 0 heterocycles. The predicted octanol–water partition coefficient (Wildman–Crippen LogP) is 0.286. The fraction of sp³-hybridized carbons (Fsp3) is 0. The summed E-state index contributed by atoms with van der Waals surface area (Å²) in [6.07, 6.45) is 0. The van der Waals surface area contributed by atoms with Gasteiger partial charge in [-0.1, -0.05) is 18.2 Å². The summed E-state index contributed by atoms with van der Waals surface area (Å²) >= 11 is 0. The Morgan fingerprint density at radius 1 is 1.08 bits per heavy atom. The van der Waals surface area contributed by atoms with E-state index in [4.69, 9.17) is 11.8 Å². The van der Waals surface area contributed by atoms with Crippen LogP contribution in [-0.2, 0) is 13.8 Å². The zero-order valence-corrected chi connectivity index (χ0v) is 7.11. The number of nitrogens with two attached hydrogens (primary N) is 2. The van der Waals surface area contributed by atoms with Crippen molar-refractivity contribution >= 4 is 12.9 Å². The lowest BCUT2D eigenvalue weighted by Gasteiger charge is -2.10. The summed E-state index contributed by atoms with van der Waals surface area (Å²) < 4.78 is 19.8. The van der Waals surface area contributed by atoms with Crippen LogP contribution in [0.4, 0.5) is 0 Å². The van der Waals surface area contributed by atoms with Crippen LogP contribution in [0.2, 0.25) is 0 Å². The second-order valence-electron chi connectivity index (χ2n) is 2.04. The van der Waals surface area contributed by atoms with Gasteiger partial charge in [-0.25, -0.2) is 21.0 Å². The Balaban J connectivity index is 3.04. The molecule has 1 aromatic carbocycles. The van der Waals surface area contributed by atoms with Crippen LogP contribution in [-0.4, -0.2) is 0 Å². The molecular formula is C6H9N2O3P. The van der Waals surface area contributed by atoms with E-state index < -0.39 is 7.60 Å². The summed E-state index contributed by atoms with van der Waals surface area (Å²) in [5, 5.41) is 0.329. The summed E-state index contributed by atoms with van der Waals surface area (Å²) in [5.74, 6) is 9.56. The average molecular weight is 188 g/mol. The number of hydrogen-bond donors (Lipinski definition) is 2. The molecule has 0 atom stereocenters. The molecule has 0 amide bonds. The maximum Gasteiger partial charge on any atom is 0.393 e. The van der Waals surface area contributed by atoms with E-state index in [0.29, 0.717) is 5.30 Å². The molecule has 12 heavy (non-hydrogen) atoms. The van der Waals surface area contributed by atoms with Crippen LogP contribution >= 0.6 is 7.60 Å². The van der Waals surface area contributed by atoms with E-state index in [9.17, 15) is 4.57 Å². The highest BCUT2D eigenvalue weighted by atomic mass is 31.2. The smallest absolute Gasteiger partial charge is 0.251 e. The number of rotatable bonds is 3. The van der Waals surface area contributed by atoms with E-state index >= 15 is 0 Å². The Bertz CT molecular complexity index is 282. The highest BCUT2D eigenvalue weighted by Gasteiger charge is 2.25. The molecule has 0 aliphatic heterocycles. The van der Waals surface area contributed by atoms with Crippen LogP contribution in [0, 0.1) is 0 Å². The van der Waals surface area contributed by atoms with E-state index in [2.05, 4.69) is 9.25 Å². The van der Waals surface area contributed by atoms with E-state index in [0.717, 1.165) is 0 Å². The minimum absolute atomic E-state index is 0.329. The van der Waals surface area contributed by atoms with Gasteiger partial charge >= 0.3 is 7.60 Å². The Morgan fingerprint density at radius 2 is 1.58 bits per heavy atom. The molecule has 0 radical (unpaired) electrons. The van der Waals surface area contributed by atoms with Crippen molar-refractivity contribution in [2.24, 2.45) is 11.8 Å². The molecule has 0 spiro atoms. The molecule has 0 saturated carbocycles. The molecule has 0 unspecified atom stereocenters. The molecule has 0 fully saturated rings. The third kappa shape index (κ3) is 1.72. The van der Waals surface area contributed by atoms with Crippen LogP contribution in [0.15, 0.2) is 30.3 Å². The molecule has 0 saturated heterocycles. The van der Waals surface area contributed by atoms with Crippen molar-refractivity contribution in [1.29, 1.82) is 0 Å². The van der Waals surface area contributed by atoms with Crippen LogP contribution in [0.1, 0.15) is 0 Å². The molecule has 0 aliphatic rings. The van der Waals surface area contributed by atoms with Gasteiger partial charge in [-0.3, -0.25) is 4.57 Å². The second-order valence-corrected chi connectivity index (χ2v) is 3.98. The quantitative estimate of drug-likeness (QED) is 0.525. The first-order valence-corrected chi connectivity index (χ1v) is 4.70. The van der Waals surface area contributed by atoms with E-state index in [1.807, 2.05) is 0 Å². The fourth-order valence-corrected chi connectivity index (χ4v) is 1.59. The van der Waals surface area contributed by atoms with Crippen molar-refractivity contribution in [2.45, 2.75) is 0 Å². The van der Waals surface area contributed by atoms with Gasteiger partial charge in [0.05, 0.1) is 5.30 Å². The lowest BCUT2D eigenvalue weighted by molar-refractivity contribution is 0.221. The van der Waals surface area contributed by atoms with Crippen molar-refractivity contribution in [3.8, 4) is 0 Å². The molecule has 1 rings (SSSR count). The first-order chi connectivity index (χ1) is 5.73. The Hall–Kier alpha value is -0.710. The van der Waals surface area contributed by atoms with Crippen molar-refractivity contribution in [3.05, 3.63) is 30.3 Å². The Labute approximate surface area is 69.7 Å². The van der Waals surface area contributed by atoms with Crippen molar-refractivity contribution < 1.29 is 13.8 Å². The number of benzene rings is 1. The zero-order valence-electron chi connectivity index (χ0n) is 6.21. The van der Waals surface area contributed by atoms with Crippen LogP contribution in [0.25, 0.3) is 0 Å². The normalized spacial score (nSPS) is 11.5. The van der Waals surface area contributed by atoms with Gasteiger partial charge in [-0.15, -0.1) is 0 Å². The topological polar surface area (TPSA) is 87.6 Å². The summed E-state index contributed by atoms with van der Waals surface area (Å²) in [6.45, 7) is 0. The van der Waals surface area contributed by atoms with Gasteiger partial charge in [0.25, 0.3) is 0 Å². The second kappa shape index (κ2) is 3.80. The molecule has 0 bridgehead atoms. The van der Waals surface area contributed by atoms with Crippen LogP contribution in [0.5, 0.6) is 0 Å². The molecule has 0 aliphatic carbocycles. The molecule has 1 aromatic rings. The molecule has 4 N–H and O–H groups in total. The first-order valence-electron chi connectivity index (χ1n) is 3.15. The Morgan fingerprint density at radius 3 is 2.00 bits per heavy atom. The lowest BCUT2D eigenvalue weighted by atomic mass is 10.4. The zero-order chi connectivity index (χ0) is 9.03. The average Bonchev–Trinajstić information content (AvgIpc) is 2.18. The van der Waals surface area contributed by atoms with Gasteiger partial charge in [-0.2, -0.15) is 0 Å².